The van der Waals surface area contributed by atoms with E-state index in [-0.39, 0.29) is 10.8 Å². The van der Waals surface area contributed by atoms with Crippen LogP contribution in [0.3, 0.4) is 0 Å². The van der Waals surface area contributed by atoms with E-state index >= 15 is 0 Å². The molecular formula is C26H29N3O5S. The van der Waals surface area contributed by atoms with E-state index in [2.05, 4.69) is 10.6 Å². The zero-order chi connectivity index (χ0) is 25.3. The van der Waals surface area contributed by atoms with Gasteiger partial charge in [-0.2, -0.15) is 0 Å². The number of benzene rings is 3. The molecule has 0 saturated carbocycles. The van der Waals surface area contributed by atoms with Crippen molar-refractivity contribution in [2.45, 2.75) is 25.2 Å². The lowest BCUT2D eigenvalue weighted by atomic mass is 10.1. The van der Waals surface area contributed by atoms with Crippen LogP contribution in [0.15, 0.2) is 83.8 Å². The highest BCUT2D eigenvalue weighted by molar-refractivity contribution is 7.92. The molecule has 3 aromatic carbocycles. The van der Waals surface area contributed by atoms with E-state index in [1.165, 1.54) is 12.1 Å². The van der Waals surface area contributed by atoms with Crippen molar-refractivity contribution in [1.29, 1.82) is 0 Å². The number of rotatable bonds is 11. The Hall–Kier alpha value is -3.85. The fourth-order valence-corrected chi connectivity index (χ4v) is 4.80. The first-order chi connectivity index (χ1) is 16.9. The van der Waals surface area contributed by atoms with Gasteiger partial charge in [-0.15, -0.1) is 0 Å². The SMILES string of the molecule is CCCNC(=O)c1ccccc1NC(=O)CN(c1ccc(OCC)cc1)S(=O)(=O)c1ccccc1. The fraction of sp³-hybridized carbons (Fsp3) is 0.231. The second-order valence-corrected chi connectivity index (χ2v) is 9.46. The zero-order valence-electron chi connectivity index (χ0n) is 19.7. The Morgan fingerprint density at radius 2 is 1.54 bits per heavy atom. The summed E-state index contributed by atoms with van der Waals surface area (Å²) in [5.74, 6) is -0.318. The van der Waals surface area contributed by atoms with E-state index in [1.54, 1.807) is 66.7 Å². The molecule has 0 radical (unpaired) electrons. The summed E-state index contributed by atoms with van der Waals surface area (Å²) in [4.78, 5) is 25.6. The van der Waals surface area contributed by atoms with Crippen LogP contribution in [0.1, 0.15) is 30.6 Å². The summed E-state index contributed by atoms with van der Waals surface area (Å²) in [5.41, 5.74) is 0.907. The van der Waals surface area contributed by atoms with Crippen molar-refractivity contribution in [2.24, 2.45) is 0 Å². The van der Waals surface area contributed by atoms with E-state index in [9.17, 15) is 18.0 Å². The maximum atomic E-state index is 13.5. The van der Waals surface area contributed by atoms with Crippen LogP contribution in [0.4, 0.5) is 11.4 Å². The number of nitrogens with zero attached hydrogens (tertiary/aromatic N) is 1. The largest absolute Gasteiger partial charge is 0.494 e. The number of amides is 2. The predicted molar refractivity (Wildman–Crippen MR) is 136 cm³/mol. The van der Waals surface area contributed by atoms with Crippen molar-refractivity contribution in [3.63, 3.8) is 0 Å². The predicted octanol–water partition coefficient (Wildman–Crippen LogP) is 4.06. The first-order valence-electron chi connectivity index (χ1n) is 11.3. The molecule has 0 unspecified atom stereocenters. The van der Waals surface area contributed by atoms with Gasteiger partial charge in [0.1, 0.15) is 12.3 Å². The minimum Gasteiger partial charge on any atom is -0.494 e. The number of para-hydroxylation sites is 1. The molecule has 0 aliphatic heterocycles. The number of carbonyl (C=O) groups is 2. The highest BCUT2D eigenvalue weighted by Gasteiger charge is 2.27. The molecule has 0 aliphatic rings. The summed E-state index contributed by atoms with van der Waals surface area (Å²) in [6.07, 6.45) is 0.772. The second-order valence-electron chi connectivity index (χ2n) is 7.60. The van der Waals surface area contributed by atoms with Crippen LogP contribution in [-0.2, 0) is 14.8 Å². The molecule has 2 amide bonds. The van der Waals surface area contributed by atoms with Crippen LogP contribution in [0.5, 0.6) is 5.75 Å². The summed E-state index contributed by atoms with van der Waals surface area (Å²) in [6, 6.07) is 21.0. The Morgan fingerprint density at radius 3 is 2.20 bits per heavy atom. The van der Waals surface area contributed by atoms with E-state index in [0.717, 1.165) is 10.7 Å². The lowest BCUT2D eigenvalue weighted by Crippen LogP contribution is -2.38. The number of anilines is 2. The molecule has 35 heavy (non-hydrogen) atoms. The lowest BCUT2D eigenvalue weighted by Gasteiger charge is -2.24. The van der Waals surface area contributed by atoms with Crippen LogP contribution in [0.25, 0.3) is 0 Å². The molecule has 0 heterocycles. The average molecular weight is 496 g/mol. The normalized spacial score (nSPS) is 10.9. The van der Waals surface area contributed by atoms with Crippen molar-refractivity contribution in [3.05, 3.63) is 84.4 Å². The Bertz CT molecular complexity index is 1250. The Labute approximate surface area is 206 Å². The number of sulfonamides is 1. The molecule has 0 aliphatic carbocycles. The topological polar surface area (TPSA) is 105 Å². The maximum absolute atomic E-state index is 13.5. The smallest absolute Gasteiger partial charge is 0.264 e. The van der Waals surface area contributed by atoms with Crippen LogP contribution >= 0.6 is 0 Å². The minimum absolute atomic E-state index is 0.0565. The van der Waals surface area contributed by atoms with Gasteiger partial charge in [-0.3, -0.25) is 13.9 Å². The first kappa shape index (κ1) is 25.8. The summed E-state index contributed by atoms with van der Waals surface area (Å²) < 4.78 is 33.4. The highest BCUT2D eigenvalue weighted by atomic mass is 32.2. The third-order valence-corrected chi connectivity index (χ3v) is 6.82. The number of carbonyl (C=O) groups excluding carboxylic acids is 2. The van der Waals surface area contributed by atoms with Crippen molar-refractivity contribution in [2.75, 3.05) is 29.3 Å². The quantitative estimate of drug-likeness (QED) is 0.417. The van der Waals surface area contributed by atoms with Gasteiger partial charge >= 0.3 is 0 Å². The molecule has 2 N–H and O–H groups in total. The number of hydrogen-bond acceptors (Lipinski definition) is 5. The Kier molecular flexibility index (Phi) is 8.86. The third kappa shape index (κ3) is 6.60. The standard InChI is InChI=1S/C26H29N3O5S/c1-3-18-27-26(31)23-12-8-9-13-24(23)28-25(30)19-29(20-14-16-21(17-15-20)34-4-2)35(32,33)22-10-6-5-7-11-22/h5-17H,3-4,18-19H2,1-2H3,(H,27,31)(H,28,30). The molecule has 0 aromatic heterocycles. The van der Waals surface area contributed by atoms with Crippen molar-refractivity contribution < 1.29 is 22.7 Å². The Morgan fingerprint density at radius 1 is 0.886 bits per heavy atom. The van der Waals surface area contributed by atoms with Gasteiger partial charge in [0.2, 0.25) is 5.91 Å². The molecule has 0 bridgehead atoms. The molecule has 0 fully saturated rings. The van der Waals surface area contributed by atoms with Crippen LogP contribution in [0.2, 0.25) is 0 Å². The van der Waals surface area contributed by atoms with Crippen molar-refractivity contribution in [3.8, 4) is 5.75 Å². The molecule has 0 spiro atoms. The van der Waals surface area contributed by atoms with Crippen molar-refractivity contribution in [1.82, 2.24) is 5.32 Å². The number of hydrogen-bond donors (Lipinski definition) is 2. The lowest BCUT2D eigenvalue weighted by molar-refractivity contribution is -0.114. The van der Waals surface area contributed by atoms with Gasteiger partial charge in [-0.25, -0.2) is 8.42 Å². The molecule has 0 saturated heterocycles. The second kappa shape index (κ2) is 12.0. The van der Waals surface area contributed by atoms with E-state index in [0.29, 0.717) is 35.8 Å². The average Bonchev–Trinajstić information content (AvgIpc) is 2.87. The molecule has 9 heteroatoms. The van der Waals surface area contributed by atoms with Gasteiger partial charge in [0.25, 0.3) is 15.9 Å². The Balaban J connectivity index is 1.90. The molecular weight excluding hydrogens is 466 g/mol. The summed E-state index contributed by atoms with van der Waals surface area (Å²) in [6.45, 7) is 4.28. The molecule has 3 aromatic rings. The van der Waals surface area contributed by atoms with Gasteiger partial charge in [0, 0.05) is 6.54 Å². The number of ether oxygens (including phenoxy) is 1. The van der Waals surface area contributed by atoms with Gasteiger partial charge in [0.15, 0.2) is 0 Å². The molecule has 0 atom stereocenters. The van der Waals surface area contributed by atoms with E-state index in [4.69, 9.17) is 4.74 Å². The summed E-state index contributed by atoms with van der Waals surface area (Å²) >= 11 is 0. The fourth-order valence-electron chi connectivity index (χ4n) is 3.35. The van der Waals surface area contributed by atoms with Crippen LogP contribution in [-0.4, -0.2) is 39.9 Å². The molecule has 3 rings (SSSR count). The van der Waals surface area contributed by atoms with E-state index < -0.39 is 22.5 Å². The zero-order valence-corrected chi connectivity index (χ0v) is 20.5. The van der Waals surface area contributed by atoms with Gasteiger partial charge in [-0.1, -0.05) is 37.3 Å². The molecule has 184 valence electrons. The van der Waals surface area contributed by atoms with Crippen LogP contribution in [0, 0.1) is 0 Å². The maximum Gasteiger partial charge on any atom is 0.264 e. The first-order valence-corrected chi connectivity index (χ1v) is 12.8. The monoisotopic (exact) mass is 495 g/mol. The minimum atomic E-state index is -4.05. The number of nitrogens with one attached hydrogen (secondary N) is 2. The van der Waals surface area contributed by atoms with E-state index in [1.807, 2.05) is 13.8 Å². The van der Waals surface area contributed by atoms with Gasteiger partial charge in [-0.05, 0) is 61.9 Å². The van der Waals surface area contributed by atoms with Gasteiger partial charge in [0.05, 0.1) is 28.4 Å². The molecule has 8 nitrogen and oxygen atoms in total. The summed E-state index contributed by atoms with van der Waals surface area (Å²) in [7, 11) is -4.05. The van der Waals surface area contributed by atoms with Crippen molar-refractivity contribution >= 4 is 33.2 Å². The summed E-state index contributed by atoms with van der Waals surface area (Å²) in [5, 5.41) is 5.47. The van der Waals surface area contributed by atoms with Crippen LogP contribution < -0.4 is 19.7 Å². The highest BCUT2D eigenvalue weighted by Crippen LogP contribution is 2.26. The third-order valence-electron chi connectivity index (χ3n) is 5.04. The van der Waals surface area contributed by atoms with Gasteiger partial charge < -0.3 is 15.4 Å².